The Hall–Kier alpha value is -1.92. The van der Waals surface area contributed by atoms with Crippen molar-refractivity contribution >= 4 is 27.5 Å². The normalized spacial score (nSPS) is 12.7. The number of thioether (sulfide) groups is 1. The van der Waals surface area contributed by atoms with Gasteiger partial charge in [-0.15, -0.1) is 11.8 Å². The molecule has 2 rings (SSSR count). The summed E-state index contributed by atoms with van der Waals surface area (Å²) in [5, 5.41) is 2.60. The number of halogens is 5. The average molecular weight is 470 g/mol. The highest BCUT2D eigenvalue weighted by Gasteiger charge is 2.56. The maximum atomic E-state index is 13.0. The van der Waals surface area contributed by atoms with Gasteiger partial charge in [-0.05, 0) is 36.4 Å². The minimum absolute atomic E-state index is 0.0167. The van der Waals surface area contributed by atoms with Crippen molar-refractivity contribution in [1.29, 1.82) is 0 Å². The van der Waals surface area contributed by atoms with Crippen LogP contribution in [0.1, 0.15) is 18.4 Å². The summed E-state index contributed by atoms with van der Waals surface area (Å²) in [6, 6.07) is 8.57. The molecular formula is C18H20F5N3O2S2. The Labute approximate surface area is 175 Å². The Bertz CT molecular complexity index is 953. The summed E-state index contributed by atoms with van der Waals surface area (Å²) in [5.41, 5.74) is 0.795. The van der Waals surface area contributed by atoms with E-state index in [0.29, 0.717) is 0 Å². The number of nitrogens with zero attached hydrogens (tertiary/aromatic N) is 1. The van der Waals surface area contributed by atoms with Crippen LogP contribution in [0.3, 0.4) is 0 Å². The third kappa shape index (κ3) is 6.54. The molecule has 0 aliphatic rings. The van der Waals surface area contributed by atoms with Gasteiger partial charge >= 0.3 is 12.1 Å². The molecule has 1 aromatic heterocycles. The van der Waals surface area contributed by atoms with Crippen LogP contribution in [-0.4, -0.2) is 38.3 Å². The summed E-state index contributed by atoms with van der Waals surface area (Å²) in [4.78, 5) is 4.50. The van der Waals surface area contributed by atoms with Gasteiger partial charge in [-0.2, -0.15) is 22.0 Å². The molecule has 0 spiro atoms. The highest BCUT2D eigenvalue weighted by Crippen LogP contribution is 2.38. The van der Waals surface area contributed by atoms with E-state index in [9.17, 15) is 30.4 Å². The molecule has 0 unspecified atom stereocenters. The standard InChI is InChI=1S/C18H20F5N3O2S2/c1-29-14-5-2-4-13(10-14)11-26-30(27,28)16-12-24-9-6-15(16)25-8-3-7-17(19,20)18(21,22)23/h2,4-6,9-10,12,26H,3,7-8,11H2,1H3,(H,24,25). The predicted molar refractivity (Wildman–Crippen MR) is 105 cm³/mol. The highest BCUT2D eigenvalue weighted by atomic mass is 32.2. The summed E-state index contributed by atoms with van der Waals surface area (Å²) >= 11 is 1.51. The second kappa shape index (κ2) is 9.92. The third-order valence-corrected chi connectivity index (χ3v) is 6.23. The van der Waals surface area contributed by atoms with Crippen LogP contribution in [0.4, 0.5) is 27.6 Å². The molecule has 0 radical (unpaired) electrons. The van der Waals surface area contributed by atoms with Crippen LogP contribution in [0.2, 0.25) is 0 Å². The first-order chi connectivity index (χ1) is 14.0. The average Bonchev–Trinajstić information content (AvgIpc) is 2.69. The maximum Gasteiger partial charge on any atom is 0.453 e. The van der Waals surface area contributed by atoms with E-state index >= 15 is 0 Å². The number of rotatable bonds is 10. The first-order valence-electron chi connectivity index (χ1n) is 8.71. The Balaban J connectivity index is 2.02. The van der Waals surface area contributed by atoms with E-state index in [4.69, 9.17) is 0 Å². The van der Waals surface area contributed by atoms with Crippen LogP contribution >= 0.6 is 11.8 Å². The van der Waals surface area contributed by atoms with Crippen molar-refractivity contribution in [3.05, 3.63) is 48.3 Å². The topological polar surface area (TPSA) is 71.1 Å². The van der Waals surface area contributed by atoms with Gasteiger partial charge < -0.3 is 5.32 Å². The molecule has 2 N–H and O–H groups in total. The molecule has 0 atom stereocenters. The Kier molecular flexibility index (Phi) is 8.06. The molecule has 5 nitrogen and oxygen atoms in total. The fourth-order valence-corrected chi connectivity index (χ4v) is 4.08. The quantitative estimate of drug-likeness (QED) is 0.301. The minimum atomic E-state index is -5.62. The summed E-state index contributed by atoms with van der Waals surface area (Å²) < 4.78 is 90.3. The molecule has 30 heavy (non-hydrogen) atoms. The lowest BCUT2D eigenvalue weighted by atomic mass is 10.2. The molecule has 1 aromatic carbocycles. The van der Waals surface area contributed by atoms with Gasteiger partial charge in [-0.3, -0.25) is 4.98 Å². The highest BCUT2D eigenvalue weighted by molar-refractivity contribution is 7.98. The zero-order valence-corrected chi connectivity index (χ0v) is 17.5. The Morgan fingerprint density at radius 1 is 1.13 bits per heavy atom. The van der Waals surface area contributed by atoms with Crippen molar-refractivity contribution in [3.63, 3.8) is 0 Å². The van der Waals surface area contributed by atoms with Crippen molar-refractivity contribution in [2.24, 2.45) is 0 Å². The molecule has 0 amide bonds. The molecule has 2 aromatic rings. The zero-order valence-electron chi connectivity index (χ0n) is 15.8. The van der Waals surface area contributed by atoms with Crippen LogP contribution in [0.15, 0.2) is 52.5 Å². The number of aromatic nitrogens is 1. The largest absolute Gasteiger partial charge is 0.453 e. The van der Waals surface area contributed by atoms with Gasteiger partial charge in [0, 0.05) is 36.8 Å². The maximum absolute atomic E-state index is 13.0. The van der Waals surface area contributed by atoms with Gasteiger partial charge in [-0.1, -0.05) is 12.1 Å². The second-order valence-corrected chi connectivity index (χ2v) is 8.90. The molecule has 0 saturated carbocycles. The molecule has 166 valence electrons. The molecular weight excluding hydrogens is 449 g/mol. The van der Waals surface area contributed by atoms with E-state index in [1.165, 1.54) is 24.0 Å². The van der Waals surface area contributed by atoms with Crippen LogP contribution < -0.4 is 10.0 Å². The van der Waals surface area contributed by atoms with Gasteiger partial charge in [-0.25, -0.2) is 13.1 Å². The molecule has 0 saturated heterocycles. The fraction of sp³-hybridized carbons (Fsp3) is 0.389. The van der Waals surface area contributed by atoms with E-state index in [0.717, 1.165) is 16.7 Å². The van der Waals surface area contributed by atoms with E-state index in [1.807, 2.05) is 18.4 Å². The molecule has 0 aliphatic heterocycles. The van der Waals surface area contributed by atoms with Gasteiger partial charge in [0.15, 0.2) is 0 Å². The smallest absolute Gasteiger partial charge is 0.384 e. The number of benzene rings is 1. The number of hydrogen-bond acceptors (Lipinski definition) is 5. The molecule has 0 bridgehead atoms. The van der Waals surface area contributed by atoms with Crippen molar-refractivity contribution in [2.75, 3.05) is 18.1 Å². The van der Waals surface area contributed by atoms with E-state index in [1.54, 1.807) is 12.1 Å². The van der Waals surface area contributed by atoms with Gasteiger partial charge in [0.25, 0.3) is 0 Å². The lowest BCUT2D eigenvalue weighted by Gasteiger charge is -2.19. The van der Waals surface area contributed by atoms with Crippen LogP contribution in [0.25, 0.3) is 0 Å². The van der Waals surface area contributed by atoms with E-state index in [-0.39, 0.29) is 23.7 Å². The zero-order chi connectivity index (χ0) is 22.4. The number of alkyl halides is 5. The first kappa shape index (κ1) is 24.4. The van der Waals surface area contributed by atoms with Crippen molar-refractivity contribution in [1.82, 2.24) is 9.71 Å². The second-order valence-electron chi connectivity index (χ2n) is 6.28. The number of nitrogens with one attached hydrogen (secondary N) is 2. The Morgan fingerprint density at radius 3 is 2.53 bits per heavy atom. The van der Waals surface area contributed by atoms with Gasteiger partial charge in [0.1, 0.15) is 4.90 Å². The van der Waals surface area contributed by atoms with E-state index in [2.05, 4.69) is 15.0 Å². The summed E-state index contributed by atoms with van der Waals surface area (Å²) in [6.07, 6.45) is -3.28. The SMILES string of the molecule is CSc1cccc(CNS(=O)(=O)c2cnccc2NCCCC(F)(F)C(F)(F)F)c1. The fourth-order valence-electron chi connectivity index (χ4n) is 2.45. The van der Waals surface area contributed by atoms with Crippen LogP contribution in [0, 0.1) is 0 Å². The third-order valence-electron chi connectivity index (χ3n) is 4.07. The summed E-state index contributed by atoms with van der Waals surface area (Å²) in [6.45, 7) is -0.253. The van der Waals surface area contributed by atoms with Crippen molar-refractivity contribution < 1.29 is 30.4 Å². The number of pyridine rings is 1. The molecule has 0 aliphatic carbocycles. The lowest BCUT2D eigenvalue weighted by Crippen LogP contribution is -2.36. The van der Waals surface area contributed by atoms with E-state index < -0.39 is 35.0 Å². The number of anilines is 1. The monoisotopic (exact) mass is 469 g/mol. The van der Waals surface area contributed by atoms with Crippen LogP contribution in [-0.2, 0) is 16.6 Å². The van der Waals surface area contributed by atoms with Crippen molar-refractivity contribution in [3.8, 4) is 0 Å². The van der Waals surface area contributed by atoms with Gasteiger partial charge in [0.05, 0.1) is 5.69 Å². The van der Waals surface area contributed by atoms with Gasteiger partial charge in [0.2, 0.25) is 10.0 Å². The van der Waals surface area contributed by atoms with Crippen LogP contribution in [0.5, 0.6) is 0 Å². The van der Waals surface area contributed by atoms with Crippen molar-refractivity contribution in [2.45, 2.75) is 41.3 Å². The predicted octanol–water partition coefficient (Wildman–Crippen LogP) is 4.67. The molecule has 0 fully saturated rings. The minimum Gasteiger partial charge on any atom is -0.384 e. The number of hydrogen-bond donors (Lipinski definition) is 2. The summed E-state index contributed by atoms with van der Waals surface area (Å²) in [7, 11) is -4.01. The Morgan fingerprint density at radius 2 is 1.87 bits per heavy atom. The molecule has 12 heteroatoms. The molecule has 1 heterocycles. The lowest BCUT2D eigenvalue weighted by molar-refractivity contribution is -0.284. The first-order valence-corrected chi connectivity index (χ1v) is 11.4. The number of sulfonamides is 1. The summed E-state index contributed by atoms with van der Waals surface area (Å²) in [5.74, 6) is -4.80.